The number of nitrogens with zero attached hydrogens (tertiary/aromatic N) is 4. The van der Waals surface area contributed by atoms with Gasteiger partial charge in [-0.3, -0.25) is 0 Å². The Labute approximate surface area is 191 Å². The van der Waals surface area contributed by atoms with Gasteiger partial charge >= 0.3 is 37.7 Å². The van der Waals surface area contributed by atoms with Crippen molar-refractivity contribution in [1.29, 1.82) is 0 Å². The second-order valence-corrected chi connectivity index (χ2v) is 10.3. The Hall–Kier alpha value is -0.425. The van der Waals surface area contributed by atoms with E-state index < -0.39 is 10.8 Å². The Balaban J connectivity index is 0.00000182. The first-order valence-corrected chi connectivity index (χ1v) is 9.48. The zero-order valence-electron chi connectivity index (χ0n) is 18.4. The van der Waals surface area contributed by atoms with Crippen LogP contribution in [-0.2, 0) is 0 Å². The normalized spacial score (nSPS) is 24.0. The van der Waals surface area contributed by atoms with Crippen molar-refractivity contribution in [2.75, 3.05) is 0 Å². The first-order valence-electron chi connectivity index (χ1n) is 8.66. The molecule has 0 amide bonds. The van der Waals surface area contributed by atoms with E-state index >= 15 is 0 Å². The van der Waals surface area contributed by atoms with E-state index in [4.69, 9.17) is 0 Å². The monoisotopic (exact) mass is 368 g/mol. The van der Waals surface area contributed by atoms with E-state index in [1.807, 2.05) is 27.7 Å². The van der Waals surface area contributed by atoms with Crippen LogP contribution in [0.15, 0.2) is 22.1 Å². The maximum absolute atomic E-state index is 10.3. The summed E-state index contributed by atoms with van der Waals surface area (Å²) in [7, 11) is 0. The molecule has 3 rings (SSSR count). The molecular weight excluding hydrogens is 342 g/mol. The van der Waals surface area contributed by atoms with Gasteiger partial charge in [-0.25, -0.2) is 0 Å². The number of amidine groups is 2. The molecule has 2 aliphatic heterocycles. The van der Waals surface area contributed by atoms with Crippen LogP contribution in [0.2, 0.25) is 0 Å². The molecule has 3 heterocycles. The van der Waals surface area contributed by atoms with E-state index in [-0.39, 0.29) is 60.2 Å². The van der Waals surface area contributed by atoms with Crippen LogP contribution in [0.4, 0.5) is 0 Å². The summed E-state index contributed by atoms with van der Waals surface area (Å²) in [6, 6.07) is 4.10. The fourth-order valence-electron chi connectivity index (χ4n) is 3.24. The predicted molar refractivity (Wildman–Crippen MR) is 109 cm³/mol. The summed E-state index contributed by atoms with van der Waals surface area (Å²) < 4.78 is 0. The minimum atomic E-state index is -0.398. The Morgan fingerprint density at radius 3 is 1.15 bits per heavy atom. The smallest absolute Gasteiger partial charge is 0.468 e. The first-order chi connectivity index (χ1) is 11.2. The van der Waals surface area contributed by atoms with Gasteiger partial charge in [0.25, 0.3) is 0 Å². The predicted octanol–water partition coefficient (Wildman–Crippen LogP) is -0.598. The average Bonchev–Trinajstić information content (AvgIpc) is 3.06. The van der Waals surface area contributed by atoms with E-state index in [0.29, 0.717) is 0 Å². The molecule has 0 N–H and O–H groups in total. The second-order valence-electron chi connectivity index (χ2n) is 9.23. The van der Waals surface area contributed by atoms with E-state index in [9.17, 15) is 10.8 Å². The van der Waals surface area contributed by atoms with Gasteiger partial charge in [0.15, 0.2) is 0 Å². The molecule has 0 saturated heterocycles. The molecule has 0 aromatic carbocycles. The van der Waals surface area contributed by atoms with E-state index in [1.54, 1.807) is 11.3 Å². The van der Waals surface area contributed by atoms with Crippen LogP contribution >= 0.6 is 11.3 Å². The van der Waals surface area contributed by atoms with Gasteiger partial charge in [-0.05, 0) is 45.2 Å². The topological polar surface area (TPSA) is 69.3 Å². The summed E-state index contributed by atoms with van der Waals surface area (Å²) in [6.45, 7) is 16.6. The van der Waals surface area contributed by atoms with Gasteiger partial charge in [0.1, 0.15) is 0 Å². The van der Waals surface area contributed by atoms with Crippen LogP contribution in [0.25, 0.3) is 10.8 Å². The van der Waals surface area contributed by atoms with Gasteiger partial charge < -0.3 is 20.8 Å². The molecule has 0 atom stereocenters. The van der Waals surface area contributed by atoms with Crippen LogP contribution < -0.4 is 37.7 Å². The zero-order valence-corrected chi connectivity index (χ0v) is 19.2. The van der Waals surface area contributed by atoms with Crippen LogP contribution in [0.5, 0.6) is 0 Å². The van der Waals surface area contributed by atoms with Gasteiger partial charge in [0.2, 0.25) is 0 Å². The summed E-state index contributed by atoms with van der Waals surface area (Å²) in [5.41, 5.74) is 0.500. The molecule has 0 spiro atoms. The third-order valence-electron chi connectivity index (χ3n) is 6.94. The van der Waals surface area contributed by atoms with Crippen molar-refractivity contribution in [3.8, 4) is 0 Å². The molecule has 0 fully saturated rings. The molecule has 0 unspecified atom stereocenters. The fourth-order valence-corrected chi connectivity index (χ4v) is 4.54. The van der Waals surface area contributed by atoms with Crippen molar-refractivity contribution in [2.45, 2.75) is 55.4 Å². The van der Waals surface area contributed by atoms with Gasteiger partial charge in [-0.15, -0.1) is 11.3 Å². The van der Waals surface area contributed by atoms with E-state index in [1.165, 1.54) is 0 Å². The molecule has 27 heavy (non-hydrogen) atoms. The SMILES string of the molecule is CC1(C)C(=[N-])N=C(c2ccc(C3=NC(=[N-])C(C)(C)C3(C)C)s2)C1(C)C.[Li+].[Li+]. The van der Waals surface area contributed by atoms with Gasteiger partial charge in [-0.1, -0.05) is 67.1 Å². The van der Waals surface area contributed by atoms with Gasteiger partial charge in [-0.2, -0.15) is 0 Å². The summed E-state index contributed by atoms with van der Waals surface area (Å²) in [5, 5.41) is 20.6. The quantitative estimate of drug-likeness (QED) is 0.626. The minimum Gasteiger partial charge on any atom is -0.468 e. The van der Waals surface area contributed by atoms with Crippen molar-refractivity contribution >= 4 is 34.4 Å². The summed E-state index contributed by atoms with van der Waals surface area (Å²) in [6.07, 6.45) is 0. The van der Waals surface area contributed by atoms with Gasteiger partial charge in [0, 0.05) is 9.75 Å². The Kier molecular flexibility index (Phi) is 6.49. The van der Waals surface area contributed by atoms with Gasteiger partial charge in [0.05, 0.1) is 0 Å². The van der Waals surface area contributed by atoms with Crippen LogP contribution in [-0.4, -0.2) is 23.1 Å². The summed E-state index contributed by atoms with van der Waals surface area (Å²) in [4.78, 5) is 11.1. The van der Waals surface area contributed by atoms with Crippen LogP contribution in [0.3, 0.4) is 0 Å². The van der Waals surface area contributed by atoms with Crippen molar-refractivity contribution in [3.63, 3.8) is 0 Å². The third-order valence-corrected chi connectivity index (χ3v) is 8.03. The number of hydrogen-bond donors (Lipinski definition) is 0. The van der Waals surface area contributed by atoms with Crippen LogP contribution in [0, 0.1) is 21.7 Å². The van der Waals surface area contributed by atoms with Crippen molar-refractivity contribution in [3.05, 3.63) is 32.7 Å². The maximum Gasteiger partial charge on any atom is 1.00 e. The molecule has 1 aromatic heterocycles. The molecule has 0 aliphatic carbocycles. The maximum atomic E-state index is 10.3. The summed E-state index contributed by atoms with van der Waals surface area (Å²) >= 11 is 1.63. The minimum absolute atomic E-state index is 0. The Bertz CT molecular complexity index is 789. The number of hydrogen-bond acceptors (Lipinski definition) is 1. The van der Waals surface area contributed by atoms with E-state index in [0.717, 1.165) is 21.2 Å². The second kappa shape index (κ2) is 7.12. The Morgan fingerprint density at radius 2 is 0.926 bits per heavy atom. The standard InChI is InChI=1S/C20H26N4S.2Li/c1-17(2)13(23-15(21)19(17,5)6)11-9-10-12(25-11)14-18(3,4)20(7,8)16(22)24-14;;/h9-10H,1-8H3;;/q-2;2*+1. The molecule has 7 heteroatoms. The van der Waals surface area contributed by atoms with Crippen LogP contribution in [0.1, 0.15) is 65.1 Å². The fraction of sp³-hybridized carbons (Fsp3) is 0.600. The molecule has 4 nitrogen and oxygen atoms in total. The van der Waals surface area contributed by atoms with Crippen molar-refractivity contribution in [2.24, 2.45) is 31.6 Å². The largest absolute Gasteiger partial charge is 1.00 e. The first kappa shape index (κ1) is 24.6. The molecule has 2 aliphatic rings. The molecule has 0 radical (unpaired) electrons. The number of aliphatic imine (C=N–C) groups is 2. The number of thiophene rings is 1. The molecular formula is C20H26Li2N4S. The Morgan fingerprint density at radius 1 is 0.630 bits per heavy atom. The molecule has 0 saturated carbocycles. The average molecular weight is 368 g/mol. The molecule has 0 bridgehead atoms. The number of rotatable bonds is 2. The molecule has 1 aromatic rings. The van der Waals surface area contributed by atoms with E-state index in [2.05, 4.69) is 49.8 Å². The van der Waals surface area contributed by atoms with Crippen molar-refractivity contribution in [1.82, 2.24) is 0 Å². The third kappa shape index (κ3) is 3.21. The zero-order chi connectivity index (χ0) is 19.0. The summed E-state index contributed by atoms with van der Waals surface area (Å²) in [5.74, 6) is 0.376. The molecule has 134 valence electrons. The van der Waals surface area contributed by atoms with Crippen molar-refractivity contribution < 1.29 is 37.7 Å².